The fraction of sp³-hybridized carbons (Fsp3) is 0.333. The molecule has 0 saturated heterocycles. The van der Waals surface area contributed by atoms with E-state index in [1.54, 1.807) is 18.3 Å². The highest BCUT2D eigenvalue weighted by Gasteiger charge is 2.01. The number of ether oxygens (including phenoxy) is 1. The van der Waals surface area contributed by atoms with Gasteiger partial charge in [-0.05, 0) is 37.9 Å². The van der Waals surface area contributed by atoms with E-state index in [0.717, 1.165) is 12.1 Å². The molecule has 0 unspecified atom stereocenters. The maximum absolute atomic E-state index is 13.0. The summed E-state index contributed by atoms with van der Waals surface area (Å²) < 4.78 is 18.5. The number of anilines is 1. The maximum atomic E-state index is 13.0. The van der Waals surface area contributed by atoms with Gasteiger partial charge in [0.2, 0.25) is 11.8 Å². The van der Waals surface area contributed by atoms with E-state index in [-0.39, 0.29) is 0 Å². The summed E-state index contributed by atoms with van der Waals surface area (Å²) in [6, 6.07) is 8.40. The average Bonchev–Trinajstić information content (AvgIpc) is 2.45. The maximum Gasteiger partial charge on any atom is 0.214 e. The zero-order chi connectivity index (χ0) is 15.1. The highest BCUT2D eigenvalue weighted by molar-refractivity contribution is 5.35. The third-order valence-electron chi connectivity index (χ3n) is 2.78. The van der Waals surface area contributed by atoms with Crippen molar-refractivity contribution >= 4 is 5.82 Å². The zero-order valence-corrected chi connectivity index (χ0v) is 12.2. The summed E-state index contributed by atoms with van der Waals surface area (Å²) in [7, 11) is 3.98. The molecule has 21 heavy (non-hydrogen) atoms. The minimum Gasteiger partial charge on any atom is -0.476 e. The van der Waals surface area contributed by atoms with Crippen molar-refractivity contribution in [1.82, 2.24) is 14.9 Å². The van der Waals surface area contributed by atoms with Crippen molar-refractivity contribution in [2.45, 2.75) is 6.54 Å². The van der Waals surface area contributed by atoms with Crippen LogP contribution in [0.1, 0.15) is 5.56 Å². The van der Waals surface area contributed by atoms with E-state index in [2.05, 4.69) is 15.3 Å². The zero-order valence-electron chi connectivity index (χ0n) is 12.2. The number of pyridine rings is 2. The molecule has 0 spiro atoms. The van der Waals surface area contributed by atoms with Crippen LogP contribution in [-0.4, -0.2) is 42.1 Å². The lowest BCUT2D eigenvalue weighted by molar-refractivity contribution is 0.253. The summed E-state index contributed by atoms with van der Waals surface area (Å²) in [6.45, 7) is 1.95. The molecule has 2 aromatic heterocycles. The van der Waals surface area contributed by atoms with Crippen molar-refractivity contribution in [3.05, 3.63) is 48.0 Å². The molecule has 5 nitrogen and oxygen atoms in total. The van der Waals surface area contributed by atoms with Gasteiger partial charge in [-0.2, -0.15) is 4.39 Å². The lowest BCUT2D eigenvalue weighted by Crippen LogP contribution is -2.19. The van der Waals surface area contributed by atoms with Gasteiger partial charge in [0, 0.05) is 25.4 Å². The first-order chi connectivity index (χ1) is 10.1. The van der Waals surface area contributed by atoms with Crippen LogP contribution >= 0.6 is 0 Å². The quantitative estimate of drug-likeness (QED) is 0.792. The molecule has 0 aromatic carbocycles. The standard InChI is InChI=1S/C15H19FN4O/c1-20(2)8-9-21-15-10-12(6-7-17-15)11-18-14-5-3-4-13(16)19-14/h3-7,10H,8-9,11H2,1-2H3,(H,18,19). The van der Waals surface area contributed by atoms with Gasteiger partial charge in [0.1, 0.15) is 12.4 Å². The fourth-order valence-corrected chi connectivity index (χ4v) is 1.67. The van der Waals surface area contributed by atoms with Gasteiger partial charge in [-0.25, -0.2) is 9.97 Å². The highest BCUT2D eigenvalue weighted by atomic mass is 19.1. The number of hydrogen-bond donors (Lipinski definition) is 1. The molecule has 6 heteroatoms. The van der Waals surface area contributed by atoms with Crippen LogP contribution in [0, 0.1) is 5.95 Å². The van der Waals surface area contributed by atoms with Crippen LogP contribution in [0.15, 0.2) is 36.5 Å². The second kappa shape index (κ2) is 7.54. The van der Waals surface area contributed by atoms with E-state index < -0.39 is 5.95 Å². The molecule has 2 aromatic rings. The largest absolute Gasteiger partial charge is 0.476 e. The van der Waals surface area contributed by atoms with Crippen molar-refractivity contribution in [3.63, 3.8) is 0 Å². The van der Waals surface area contributed by atoms with Crippen molar-refractivity contribution in [1.29, 1.82) is 0 Å². The normalized spacial score (nSPS) is 10.7. The number of hydrogen-bond acceptors (Lipinski definition) is 5. The van der Waals surface area contributed by atoms with E-state index in [0.29, 0.717) is 24.8 Å². The highest BCUT2D eigenvalue weighted by Crippen LogP contribution is 2.11. The van der Waals surface area contributed by atoms with Gasteiger partial charge in [-0.15, -0.1) is 0 Å². The molecule has 2 rings (SSSR count). The number of likely N-dealkylation sites (N-methyl/N-ethyl adjacent to an activating group) is 1. The summed E-state index contributed by atoms with van der Waals surface area (Å²) >= 11 is 0. The SMILES string of the molecule is CN(C)CCOc1cc(CNc2cccc(F)n2)ccn1. The summed E-state index contributed by atoms with van der Waals surface area (Å²) in [6.07, 6.45) is 1.70. The van der Waals surface area contributed by atoms with Crippen LogP contribution in [-0.2, 0) is 6.54 Å². The first kappa shape index (κ1) is 15.2. The molecular weight excluding hydrogens is 271 g/mol. The van der Waals surface area contributed by atoms with Crippen LogP contribution in [0.4, 0.5) is 10.2 Å². The molecule has 0 fully saturated rings. The second-order valence-electron chi connectivity index (χ2n) is 4.85. The van der Waals surface area contributed by atoms with Crippen LogP contribution in [0.2, 0.25) is 0 Å². The Balaban J connectivity index is 1.88. The lowest BCUT2D eigenvalue weighted by Gasteiger charge is -2.11. The van der Waals surface area contributed by atoms with Crippen LogP contribution in [0.3, 0.4) is 0 Å². The Hall–Kier alpha value is -2.21. The Morgan fingerprint density at radius 3 is 2.90 bits per heavy atom. The Morgan fingerprint density at radius 2 is 2.14 bits per heavy atom. The Kier molecular flexibility index (Phi) is 5.45. The van der Waals surface area contributed by atoms with Crippen LogP contribution in [0.25, 0.3) is 0 Å². The third-order valence-corrected chi connectivity index (χ3v) is 2.78. The predicted octanol–water partition coefficient (Wildman–Crippen LogP) is 2.17. The molecule has 0 aliphatic heterocycles. The third kappa shape index (κ3) is 5.35. The second-order valence-corrected chi connectivity index (χ2v) is 4.85. The molecule has 112 valence electrons. The first-order valence-electron chi connectivity index (χ1n) is 6.72. The number of aromatic nitrogens is 2. The number of nitrogens with one attached hydrogen (secondary N) is 1. The van der Waals surface area contributed by atoms with Gasteiger partial charge >= 0.3 is 0 Å². The lowest BCUT2D eigenvalue weighted by atomic mass is 10.2. The van der Waals surface area contributed by atoms with Crippen molar-refractivity contribution in [3.8, 4) is 5.88 Å². The van der Waals surface area contributed by atoms with E-state index in [1.807, 2.05) is 31.1 Å². The minimum atomic E-state index is -0.498. The average molecular weight is 290 g/mol. The molecule has 0 amide bonds. The van der Waals surface area contributed by atoms with Crippen LogP contribution in [0.5, 0.6) is 5.88 Å². The van der Waals surface area contributed by atoms with E-state index in [4.69, 9.17) is 4.74 Å². The molecule has 0 radical (unpaired) electrons. The van der Waals surface area contributed by atoms with Gasteiger partial charge in [0.05, 0.1) is 0 Å². The molecule has 0 aliphatic rings. The van der Waals surface area contributed by atoms with Gasteiger partial charge in [-0.1, -0.05) is 6.07 Å². The van der Waals surface area contributed by atoms with Gasteiger partial charge in [0.15, 0.2) is 0 Å². The van der Waals surface area contributed by atoms with Crippen molar-refractivity contribution in [2.75, 3.05) is 32.6 Å². The van der Waals surface area contributed by atoms with Crippen molar-refractivity contribution < 1.29 is 9.13 Å². The van der Waals surface area contributed by atoms with E-state index in [9.17, 15) is 4.39 Å². The predicted molar refractivity (Wildman–Crippen MR) is 79.8 cm³/mol. The Morgan fingerprint density at radius 1 is 1.29 bits per heavy atom. The molecule has 2 heterocycles. The Bertz CT molecular complexity index is 577. The summed E-state index contributed by atoms with van der Waals surface area (Å²) in [5.74, 6) is 0.590. The molecule has 0 saturated carbocycles. The summed E-state index contributed by atoms with van der Waals surface area (Å²) in [4.78, 5) is 9.95. The van der Waals surface area contributed by atoms with E-state index in [1.165, 1.54) is 6.07 Å². The van der Waals surface area contributed by atoms with Crippen molar-refractivity contribution in [2.24, 2.45) is 0 Å². The van der Waals surface area contributed by atoms with Crippen LogP contribution < -0.4 is 10.1 Å². The smallest absolute Gasteiger partial charge is 0.214 e. The fourth-order valence-electron chi connectivity index (χ4n) is 1.67. The van der Waals surface area contributed by atoms with E-state index >= 15 is 0 Å². The number of nitrogens with zero attached hydrogens (tertiary/aromatic N) is 3. The van der Waals surface area contributed by atoms with Gasteiger partial charge in [-0.3, -0.25) is 0 Å². The minimum absolute atomic E-state index is 0.498. The van der Waals surface area contributed by atoms with Gasteiger partial charge < -0.3 is 15.0 Å². The topological polar surface area (TPSA) is 50.3 Å². The summed E-state index contributed by atoms with van der Waals surface area (Å²) in [5, 5.41) is 3.06. The monoisotopic (exact) mass is 290 g/mol. The molecule has 0 bridgehead atoms. The summed E-state index contributed by atoms with van der Waals surface area (Å²) in [5.41, 5.74) is 0.996. The molecular formula is C15H19FN4O. The van der Waals surface area contributed by atoms with Gasteiger partial charge in [0.25, 0.3) is 0 Å². The number of rotatable bonds is 7. The number of halogens is 1. The first-order valence-corrected chi connectivity index (χ1v) is 6.72. The molecule has 0 aliphatic carbocycles. The molecule has 0 atom stereocenters. The molecule has 1 N–H and O–H groups in total. The Labute approximate surface area is 123 Å².